The number of ether oxygens (including phenoxy) is 1. The second-order valence-corrected chi connectivity index (χ2v) is 5.12. The van der Waals surface area contributed by atoms with Crippen LogP contribution in [0.25, 0.3) is 0 Å². The molecule has 1 atom stereocenters. The summed E-state index contributed by atoms with van der Waals surface area (Å²) in [4.78, 5) is 4.73. The number of anilines is 1. The van der Waals surface area contributed by atoms with Crippen LogP contribution in [0.4, 0.5) is 5.69 Å². The normalized spacial score (nSPS) is 21.2. The van der Waals surface area contributed by atoms with Crippen molar-refractivity contribution in [3.63, 3.8) is 0 Å². The highest BCUT2D eigenvalue weighted by Gasteiger charge is 2.23. The predicted molar refractivity (Wildman–Crippen MR) is 77.9 cm³/mol. The van der Waals surface area contributed by atoms with E-state index in [1.165, 1.54) is 0 Å². The van der Waals surface area contributed by atoms with Crippen LogP contribution in [0.1, 0.15) is 12.8 Å². The smallest absolute Gasteiger partial charge is 0.142 e. The van der Waals surface area contributed by atoms with Crippen LogP contribution in [0.5, 0.6) is 5.75 Å². The largest absolute Gasteiger partial charge is 0.495 e. The molecule has 1 aliphatic heterocycles. The number of para-hydroxylation sites is 2. The predicted octanol–water partition coefficient (Wildman–Crippen LogP) is 1.59. The second kappa shape index (κ2) is 6.78. The topological polar surface area (TPSA) is 35.9 Å². The molecule has 1 aromatic carbocycles. The quantitative estimate of drug-likeness (QED) is 0.896. The Balaban J connectivity index is 2.18. The van der Waals surface area contributed by atoms with Crippen molar-refractivity contribution < 1.29 is 9.84 Å². The van der Waals surface area contributed by atoms with Crippen molar-refractivity contribution in [2.24, 2.45) is 0 Å². The standard InChI is InChI=1S/C15H24N2O2/c1-16-9-5-10-17(12-13(16)8-11-18)14-6-3-4-7-15(14)19-2/h3-4,6-7,13,18H,5,8-12H2,1-2H3. The fourth-order valence-corrected chi connectivity index (χ4v) is 2.75. The van der Waals surface area contributed by atoms with Crippen molar-refractivity contribution in [1.82, 2.24) is 4.90 Å². The fourth-order valence-electron chi connectivity index (χ4n) is 2.75. The lowest BCUT2D eigenvalue weighted by Crippen LogP contribution is -2.39. The van der Waals surface area contributed by atoms with E-state index < -0.39 is 0 Å². The minimum atomic E-state index is 0.245. The lowest BCUT2D eigenvalue weighted by molar-refractivity contribution is 0.196. The molecule has 1 aliphatic rings. The summed E-state index contributed by atoms with van der Waals surface area (Å²) in [5, 5.41) is 9.22. The van der Waals surface area contributed by atoms with Gasteiger partial charge >= 0.3 is 0 Å². The van der Waals surface area contributed by atoms with Crippen LogP contribution in [0.2, 0.25) is 0 Å². The molecule has 0 aliphatic carbocycles. The number of rotatable bonds is 4. The molecule has 0 amide bonds. The fraction of sp³-hybridized carbons (Fsp3) is 0.600. The molecule has 106 valence electrons. The average molecular weight is 264 g/mol. The number of hydrogen-bond acceptors (Lipinski definition) is 4. The summed E-state index contributed by atoms with van der Waals surface area (Å²) >= 11 is 0. The molecule has 0 bridgehead atoms. The van der Waals surface area contributed by atoms with Gasteiger partial charge in [-0.3, -0.25) is 0 Å². The molecule has 0 radical (unpaired) electrons. The Morgan fingerprint density at radius 3 is 2.84 bits per heavy atom. The first kappa shape index (κ1) is 14.2. The Morgan fingerprint density at radius 2 is 2.11 bits per heavy atom. The van der Waals surface area contributed by atoms with E-state index in [0.717, 1.165) is 43.9 Å². The summed E-state index contributed by atoms with van der Waals surface area (Å²) < 4.78 is 5.46. The SMILES string of the molecule is COc1ccccc1N1CCCN(C)C(CCO)C1. The molecule has 0 spiro atoms. The first-order valence-corrected chi connectivity index (χ1v) is 6.95. The Bertz CT molecular complexity index is 397. The molecule has 1 unspecified atom stereocenters. The third-order valence-electron chi connectivity index (χ3n) is 3.88. The van der Waals surface area contributed by atoms with E-state index >= 15 is 0 Å². The van der Waals surface area contributed by atoms with Crippen molar-refractivity contribution in [2.45, 2.75) is 18.9 Å². The summed E-state index contributed by atoms with van der Waals surface area (Å²) in [7, 11) is 3.86. The maximum atomic E-state index is 9.22. The minimum absolute atomic E-state index is 0.245. The van der Waals surface area contributed by atoms with Gasteiger partial charge in [-0.25, -0.2) is 0 Å². The molecule has 0 saturated carbocycles. The number of methoxy groups -OCH3 is 1. The van der Waals surface area contributed by atoms with Crippen molar-refractivity contribution in [2.75, 3.05) is 45.3 Å². The third kappa shape index (κ3) is 3.39. The minimum Gasteiger partial charge on any atom is -0.495 e. The molecule has 1 N–H and O–H groups in total. The number of aliphatic hydroxyl groups excluding tert-OH is 1. The van der Waals surface area contributed by atoms with Crippen LogP contribution >= 0.6 is 0 Å². The number of aliphatic hydroxyl groups is 1. The van der Waals surface area contributed by atoms with Gasteiger partial charge in [0.25, 0.3) is 0 Å². The molecule has 4 nitrogen and oxygen atoms in total. The van der Waals surface area contributed by atoms with Crippen LogP contribution in [-0.2, 0) is 0 Å². The van der Waals surface area contributed by atoms with Gasteiger partial charge in [0.15, 0.2) is 0 Å². The number of likely N-dealkylation sites (N-methyl/N-ethyl adjacent to an activating group) is 1. The first-order chi connectivity index (χ1) is 9.26. The van der Waals surface area contributed by atoms with E-state index in [4.69, 9.17) is 4.74 Å². The molecule has 1 heterocycles. The Labute approximate surface area is 115 Å². The summed E-state index contributed by atoms with van der Waals surface area (Å²) in [6.07, 6.45) is 1.96. The van der Waals surface area contributed by atoms with E-state index in [1.54, 1.807) is 7.11 Å². The molecule has 4 heteroatoms. The van der Waals surface area contributed by atoms with E-state index in [-0.39, 0.29) is 6.61 Å². The van der Waals surface area contributed by atoms with Crippen LogP contribution in [0.15, 0.2) is 24.3 Å². The molecular formula is C15H24N2O2. The van der Waals surface area contributed by atoms with Crippen LogP contribution in [-0.4, -0.2) is 56.4 Å². The van der Waals surface area contributed by atoms with E-state index in [1.807, 2.05) is 18.2 Å². The van der Waals surface area contributed by atoms with E-state index in [2.05, 4.69) is 22.9 Å². The highest BCUT2D eigenvalue weighted by Crippen LogP contribution is 2.29. The highest BCUT2D eigenvalue weighted by atomic mass is 16.5. The maximum Gasteiger partial charge on any atom is 0.142 e. The lowest BCUT2D eigenvalue weighted by atomic mass is 10.1. The Kier molecular flexibility index (Phi) is 5.05. The van der Waals surface area contributed by atoms with Crippen molar-refractivity contribution in [1.29, 1.82) is 0 Å². The zero-order chi connectivity index (χ0) is 13.7. The molecule has 19 heavy (non-hydrogen) atoms. The van der Waals surface area contributed by atoms with Gasteiger partial charge in [0.1, 0.15) is 5.75 Å². The third-order valence-corrected chi connectivity index (χ3v) is 3.88. The van der Waals surface area contributed by atoms with Gasteiger partial charge < -0.3 is 19.6 Å². The van der Waals surface area contributed by atoms with Crippen LogP contribution in [0.3, 0.4) is 0 Å². The number of benzene rings is 1. The molecule has 1 saturated heterocycles. The first-order valence-electron chi connectivity index (χ1n) is 6.95. The van der Waals surface area contributed by atoms with Crippen LogP contribution < -0.4 is 9.64 Å². The highest BCUT2D eigenvalue weighted by molar-refractivity contribution is 5.58. The Hall–Kier alpha value is -1.26. The van der Waals surface area contributed by atoms with Gasteiger partial charge in [-0.1, -0.05) is 12.1 Å². The molecule has 1 fully saturated rings. The molecule has 2 rings (SSSR count). The Morgan fingerprint density at radius 1 is 1.32 bits per heavy atom. The van der Waals surface area contributed by atoms with Gasteiger partial charge in [-0.05, 0) is 38.6 Å². The zero-order valence-corrected chi connectivity index (χ0v) is 11.9. The molecular weight excluding hydrogens is 240 g/mol. The van der Waals surface area contributed by atoms with Gasteiger partial charge in [-0.15, -0.1) is 0 Å². The van der Waals surface area contributed by atoms with Crippen LogP contribution in [0, 0.1) is 0 Å². The summed E-state index contributed by atoms with van der Waals surface area (Å²) in [6, 6.07) is 8.56. The zero-order valence-electron chi connectivity index (χ0n) is 11.9. The summed E-state index contributed by atoms with van der Waals surface area (Å²) in [5.74, 6) is 0.926. The monoisotopic (exact) mass is 264 g/mol. The van der Waals surface area contributed by atoms with Gasteiger partial charge in [0.2, 0.25) is 0 Å². The van der Waals surface area contributed by atoms with Crippen molar-refractivity contribution in [3.8, 4) is 5.75 Å². The number of hydrogen-bond donors (Lipinski definition) is 1. The molecule has 1 aromatic rings. The van der Waals surface area contributed by atoms with E-state index in [9.17, 15) is 5.11 Å². The maximum absolute atomic E-state index is 9.22. The van der Waals surface area contributed by atoms with E-state index in [0.29, 0.717) is 6.04 Å². The lowest BCUT2D eigenvalue weighted by Gasteiger charge is -2.30. The van der Waals surface area contributed by atoms with Crippen molar-refractivity contribution >= 4 is 5.69 Å². The van der Waals surface area contributed by atoms with Gasteiger partial charge in [0.05, 0.1) is 12.8 Å². The van der Waals surface area contributed by atoms with Gasteiger partial charge in [-0.2, -0.15) is 0 Å². The van der Waals surface area contributed by atoms with Gasteiger partial charge in [0, 0.05) is 25.7 Å². The number of nitrogens with zero attached hydrogens (tertiary/aromatic N) is 2. The summed E-state index contributed by atoms with van der Waals surface area (Å²) in [6.45, 7) is 3.30. The second-order valence-electron chi connectivity index (χ2n) is 5.12. The summed E-state index contributed by atoms with van der Waals surface area (Å²) in [5.41, 5.74) is 1.16. The van der Waals surface area contributed by atoms with Crippen molar-refractivity contribution in [3.05, 3.63) is 24.3 Å². The average Bonchev–Trinajstić information content (AvgIpc) is 2.62. The molecule has 0 aromatic heterocycles.